The highest BCUT2D eigenvalue weighted by Gasteiger charge is 2.14. The number of H-pyrrole nitrogens is 1. The summed E-state index contributed by atoms with van der Waals surface area (Å²) in [6.07, 6.45) is 2.66. The van der Waals surface area contributed by atoms with Gasteiger partial charge in [-0.05, 0) is 48.5 Å². The SMILES string of the molecule is O=c1[nH]c(=O)n(Cc2ccco2)c(O)c1C=Nc1ccc(Oc2ccccc2)cc1. The lowest BCUT2D eigenvalue weighted by molar-refractivity contribution is 0.392. The second-order valence-electron chi connectivity index (χ2n) is 6.33. The summed E-state index contributed by atoms with van der Waals surface area (Å²) in [4.78, 5) is 30.6. The topological polar surface area (TPSA) is 110 Å². The summed E-state index contributed by atoms with van der Waals surface area (Å²) >= 11 is 0. The molecule has 2 heterocycles. The quantitative estimate of drug-likeness (QED) is 0.479. The molecule has 0 saturated heterocycles. The van der Waals surface area contributed by atoms with Gasteiger partial charge in [0.1, 0.15) is 22.8 Å². The van der Waals surface area contributed by atoms with Gasteiger partial charge >= 0.3 is 5.69 Å². The number of aromatic amines is 1. The molecule has 0 spiro atoms. The van der Waals surface area contributed by atoms with Crippen LogP contribution < -0.4 is 16.0 Å². The van der Waals surface area contributed by atoms with Gasteiger partial charge in [-0.1, -0.05) is 18.2 Å². The third-order valence-corrected chi connectivity index (χ3v) is 4.26. The van der Waals surface area contributed by atoms with E-state index in [4.69, 9.17) is 9.15 Å². The molecule has 0 bridgehead atoms. The van der Waals surface area contributed by atoms with Gasteiger partial charge in [0, 0.05) is 6.21 Å². The van der Waals surface area contributed by atoms with Gasteiger partial charge in [0.2, 0.25) is 5.88 Å². The molecule has 0 aliphatic rings. The van der Waals surface area contributed by atoms with Crippen molar-refractivity contribution in [1.82, 2.24) is 9.55 Å². The van der Waals surface area contributed by atoms with Crippen molar-refractivity contribution in [3.05, 3.63) is 105 Å². The second-order valence-corrected chi connectivity index (χ2v) is 6.33. The fourth-order valence-corrected chi connectivity index (χ4v) is 2.76. The number of nitrogens with one attached hydrogen (secondary N) is 1. The van der Waals surface area contributed by atoms with Gasteiger partial charge in [0.05, 0.1) is 18.5 Å². The Morgan fingerprint density at radius 1 is 1.00 bits per heavy atom. The summed E-state index contributed by atoms with van der Waals surface area (Å²) in [6.45, 7) is -0.0270. The molecule has 2 aromatic heterocycles. The Kier molecular flexibility index (Phi) is 5.29. The Bertz CT molecular complexity index is 1270. The van der Waals surface area contributed by atoms with Crippen LogP contribution >= 0.6 is 0 Å². The van der Waals surface area contributed by atoms with Crippen molar-refractivity contribution in [2.45, 2.75) is 6.54 Å². The summed E-state index contributed by atoms with van der Waals surface area (Å²) in [6, 6.07) is 19.6. The van der Waals surface area contributed by atoms with Crippen molar-refractivity contribution in [2.75, 3.05) is 0 Å². The van der Waals surface area contributed by atoms with Crippen LogP contribution in [0.2, 0.25) is 0 Å². The number of aliphatic imine (C=N–C) groups is 1. The van der Waals surface area contributed by atoms with E-state index in [0.717, 1.165) is 4.57 Å². The van der Waals surface area contributed by atoms with Crippen molar-refractivity contribution in [1.29, 1.82) is 0 Å². The molecule has 0 amide bonds. The van der Waals surface area contributed by atoms with Crippen molar-refractivity contribution >= 4 is 11.9 Å². The van der Waals surface area contributed by atoms with E-state index in [0.29, 0.717) is 22.9 Å². The van der Waals surface area contributed by atoms with E-state index in [1.807, 2.05) is 30.3 Å². The Labute approximate surface area is 170 Å². The average Bonchev–Trinajstić information content (AvgIpc) is 3.26. The van der Waals surface area contributed by atoms with Crippen LogP contribution in [0.1, 0.15) is 11.3 Å². The monoisotopic (exact) mass is 403 g/mol. The zero-order valence-electron chi connectivity index (χ0n) is 15.7. The molecule has 4 rings (SSSR count). The predicted octanol–water partition coefficient (Wildman–Crippen LogP) is 3.43. The number of benzene rings is 2. The summed E-state index contributed by atoms with van der Waals surface area (Å²) < 4.78 is 11.9. The molecular weight excluding hydrogens is 386 g/mol. The molecule has 0 aliphatic heterocycles. The highest BCUT2D eigenvalue weighted by molar-refractivity contribution is 5.84. The standard InChI is InChI=1S/C22H17N3O5/c26-20-19(21(27)25(22(28)24-20)14-18-7-4-12-29-18)13-23-15-8-10-17(11-9-15)30-16-5-2-1-3-6-16/h1-13,27H,14H2,(H,24,26,28). The van der Waals surface area contributed by atoms with Crippen LogP contribution in [0, 0.1) is 0 Å². The Hall–Kier alpha value is -4.33. The van der Waals surface area contributed by atoms with E-state index in [1.165, 1.54) is 12.5 Å². The maximum Gasteiger partial charge on any atom is 0.331 e. The van der Waals surface area contributed by atoms with Crippen LogP contribution in [-0.2, 0) is 6.54 Å². The molecule has 0 saturated carbocycles. The molecule has 0 aliphatic carbocycles. The molecule has 150 valence electrons. The van der Waals surface area contributed by atoms with E-state index in [9.17, 15) is 14.7 Å². The van der Waals surface area contributed by atoms with Crippen molar-refractivity contribution in [3.63, 3.8) is 0 Å². The fourth-order valence-electron chi connectivity index (χ4n) is 2.76. The minimum atomic E-state index is -0.742. The van der Waals surface area contributed by atoms with Crippen LogP contribution in [0.15, 0.2) is 92.0 Å². The van der Waals surface area contributed by atoms with E-state index >= 15 is 0 Å². The molecule has 30 heavy (non-hydrogen) atoms. The van der Waals surface area contributed by atoms with Crippen molar-refractivity contribution < 1.29 is 14.3 Å². The third kappa shape index (κ3) is 4.22. The molecule has 8 nitrogen and oxygen atoms in total. The molecule has 2 N–H and O–H groups in total. The number of para-hydroxylation sites is 1. The van der Waals surface area contributed by atoms with Crippen LogP contribution in [0.4, 0.5) is 5.69 Å². The summed E-state index contributed by atoms with van der Waals surface area (Å²) in [7, 11) is 0. The number of aromatic nitrogens is 2. The fraction of sp³-hybridized carbons (Fsp3) is 0.0455. The van der Waals surface area contributed by atoms with E-state index in [2.05, 4.69) is 9.98 Å². The second kappa shape index (κ2) is 8.36. The smallest absolute Gasteiger partial charge is 0.331 e. The van der Waals surface area contributed by atoms with Gasteiger partial charge in [-0.25, -0.2) is 4.79 Å². The molecule has 0 fully saturated rings. The normalized spacial score (nSPS) is 11.1. The van der Waals surface area contributed by atoms with Gasteiger partial charge in [-0.3, -0.25) is 19.3 Å². The molecule has 2 aromatic carbocycles. The van der Waals surface area contributed by atoms with Gasteiger partial charge < -0.3 is 14.3 Å². The average molecular weight is 403 g/mol. The van der Waals surface area contributed by atoms with E-state index in [1.54, 1.807) is 36.4 Å². The highest BCUT2D eigenvalue weighted by atomic mass is 16.5. The Balaban J connectivity index is 1.56. The number of nitrogens with zero attached hydrogens (tertiary/aromatic N) is 2. The lowest BCUT2D eigenvalue weighted by Crippen LogP contribution is -2.32. The van der Waals surface area contributed by atoms with Crippen molar-refractivity contribution in [3.8, 4) is 17.4 Å². The maximum absolute atomic E-state index is 12.1. The number of ether oxygens (including phenoxy) is 1. The minimum absolute atomic E-state index is 0.0270. The van der Waals surface area contributed by atoms with Gasteiger partial charge in [-0.2, -0.15) is 0 Å². The first-order valence-corrected chi connectivity index (χ1v) is 9.05. The number of rotatable bonds is 6. The first-order valence-electron chi connectivity index (χ1n) is 9.05. The van der Waals surface area contributed by atoms with E-state index < -0.39 is 17.1 Å². The Morgan fingerprint density at radius 2 is 1.73 bits per heavy atom. The molecule has 8 heteroatoms. The number of aromatic hydroxyl groups is 1. The van der Waals surface area contributed by atoms with Crippen LogP contribution in [-0.4, -0.2) is 20.9 Å². The molecule has 0 unspecified atom stereocenters. The lowest BCUT2D eigenvalue weighted by Gasteiger charge is -2.08. The molecule has 0 atom stereocenters. The summed E-state index contributed by atoms with van der Waals surface area (Å²) in [5.74, 6) is 1.31. The number of furan rings is 1. The largest absolute Gasteiger partial charge is 0.494 e. The third-order valence-electron chi connectivity index (χ3n) is 4.26. The number of hydrogen-bond acceptors (Lipinski definition) is 6. The predicted molar refractivity (Wildman–Crippen MR) is 111 cm³/mol. The summed E-state index contributed by atoms with van der Waals surface area (Å²) in [5.41, 5.74) is -1.07. The van der Waals surface area contributed by atoms with Crippen LogP contribution in [0.3, 0.4) is 0 Å². The van der Waals surface area contributed by atoms with E-state index in [-0.39, 0.29) is 12.1 Å². The maximum atomic E-state index is 12.1. The minimum Gasteiger partial charge on any atom is -0.494 e. The lowest BCUT2D eigenvalue weighted by atomic mass is 10.3. The van der Waals surface area contributed by atoms with Crippen molar-refractivity contribution in [2.24, 2.45) is 4.99 Å². The Morgan fingerprint density at radius 3 is 2.43 bits per heavy atom. The van der Waals surface area contributed by atoms with Gasteiger partial charge in [-0.15, -0.1) is 0 Å². The zero-order valence-corrected chi connectivity index (χ0v) is 15.7. The molecule has 4 aromatic rings. The molecular formula is C22H17N3O5. The first-order chi connectivity index (χ1) is 14.6. The van der Waals surface area contributed by atoms with Crippen LogP contribution in [0.25, 0.3) is 0 Å². The zero-order chi connectivity index (χ0) is 20.9. The number of hydrogen-bond donors (Lipinski definition) is 2. The van der Waals surface area contributed by atoms with Crippen LogP contribution in [0.5, 0.6) is 17.4 Å². The van der Waals surface area contributed by atoms with Gasteiger partial charge in [0.15, 0.2) is 0 Å². The molecule has 0 radical (unpaired) electrons. The highest BCUT2D eigenvalue weighted by Crippen LogP contribution is 2.24. The van der Waals surface area contributed by atoms with Gasteiger partial charge in [0.25, 0.3) is 5.56 Å². The summed E-state index contributed by atoms with van der Waals surface area (Å²) in [5, 5.41) is 10.4. The first kappa shape index (κ1) is 19.0.